The standard InChI is InChI=1S/C24H34N4O4/c1-16-20(22(30)28(27(16)5)17-12-8-6-9-13-17)26-21(29)18-14-10-7-11-15-19(18)25-23(31)32-24(2,3)4/h6,8-9,12-13,18-19H,7,10-11,14-15H2,1-5H3,(H,25,31)(H,26,29). The van der Waals surface area contributed by atoms with Gasteiger partial charge in [-0.3, -0.25) is 14.3 Å². The second kappa shape index (κ2) is 9.63. The van der Waals surface area contributed by atoms with E-state index in [0.717, 1.165) is 24.9 Å². The van der Waals surface area contributed by atoms with Gasteiger partial charge in [-0.05, 0) is 52.7 Å². The van der Waals surface area contributed by atoms with Gasteiger partial charge in [0.25, 0.3) is 5.56 Å². The van der Waals surface area contributed by atoms with Gasteiger partial charge in [-0.25, -0.2) is 9.48 Å². The number of amides is 2. The lowest BCUT2D eigenvalue weighted by Gasteiger charge is -2.27. The van der Waals surface area contributed by atoms with Gasteiger partial charge in [-0.15, -0.1) is 0 Å². The molecule has 2 aromatic rings. The molecule has 8 heteroatoms. The number of carbonyl (C=O) groups excluding carboxylic acids is 2. The minimum absolute atomic E-state index is 0.251. The van der Waals surface area contributed by atoms with Gasteiger partial charge in [0.15, 0.2) is 0 Å². The van der Waals surface area contributed by atoms with Crippen LogP contribution in [0, 0.1) is 12.8 Å². The quantitative estimate of drug-likeness (QED) is 0.702. The van der Waals surface area contributed by atoms with Gasteiger partial charge in [-0.1, -0.05) is 37.5 Å². The van der Waals surface area contributed by atoms with Gasteiger partial charge >= 0.3 is 6.09 Å². The summed E-state index contributed by atoms with van der Waals surface area (Å²) in [6.45, 7) is 7.22. The Morgan fingerprint density at radius 3 is 2.38 bits per heavy atom. The van der Waals surface area contributed by atoms with E-state index < -0.39 is 17.6 Å². The highest BCUT2D eigenvalue weighted by Gasteiger charge is 2.33. The van der Waals surface area contributed by atoms with E-state index in [4.69, 9.17) is 4.74 Å². The van der Waals surface area contributed by atoms with Crippen molar-refractivity contribution in [3.8, 4) is 5.69 Å². The molecule has 0 spiro atoms. The van der Waals surface area contributed by atoms with E-state index in [1.54, 1.807) is 39.4 Å². The van der Waals surface area contributed by atoms with Crippen molar-refractivity contribution in [3.05, 3.63) is 46.4 Å². The predicted molar refractivity (Wildman–Crippen MR) is 124 cm³/mol. The first-order chi connectivity index (χ1) is 15.1. The van der Waals surface area contributed by atoms with Crippen molar-refractivity contribution in [1.82, 2.24) is 14.7 Å². The Hall–Kier alpha value is -3.03. The molecule has 1 saturated carbocycles. The fourth-order valence-electron chi connectivity index (χ4n) is 4.18. The summed E-state index contributed by atoms with van der Waals surface area (Å²) in [4.78, 5) is 38.8. The third-order valence-corrected chi connectivity index (χ3v) is 5.86. The second-order valence-electron chi connectivity index (χ2n) is 9.42. The number of aromatic nitrogens is 2. The Morgan fingerprint density at radius 2 is 1.72 bits per heavy atom. The Balaban J connectivity index is 1.83. The predicted octanol–water partition coefficient (Wildman–Crippen LogP) is 3.90. The van der Waals surface area contributed by atoms with Crippen LogP contribution in [0.4, 0.5) is 10.5 Å². The molecule has 1 fully saturated rings. The first-order valence-electron chi connectivity index (χ1n) is 11.2. The lowest BCUT2D eigenvalue weighted by atomic mass is 9.93. The molecule has 1 aliphatic carbocycles. The second-order valence-corrected chi connectivity index (χ2v) is 9.42. The molecule has 174 valence electrons. The van der Waals surface area contributed by atoms with Crippen LogP contribution in [0.5, 0.6) is 0 Å². The number of alkyl carbamates (subject to hydrolysis) is 1. The van der Waals surface area contributed by atoms with Crippen LogP contribution >= 0.6 is 0 Å². The number of nitrogens with one attached hydrogen (secondary N) is 2. The van der Waals surface area contributed by atoms with E-state index in [-0.39, 0.29) is 23.2 Å². The van der Waals surface area contributed by atoms with Gasteiger partial charge < -0.3 is 15.4 Å². The smallest absolute Gasteiger partial charge is 0.407 e. The summed E-state index contributed by atoms with van der Waals surface area (Å²) >= 11 is 0. The molecule has 8 nitrogen and oxygen atoms in total. The third kappa shape index (κ3) is 5.41. The van der Waals surface area contributed by atoms with E-state index >= 15 is 0 Å². The van der Waals surface area contributed by atoms with Gasteiger partial charge in [0.2, 0.25) is 5.91 Å². The summed E-state index contributed by atoms with van der Waals surface area (Å²) < 4.78 is 8.66. The van der Waals surface area contributed by atoms with Gasteiger partial charge in [0.05, 0.1) is 17.3 Å². The fraction of sp³-hybridized carbons (Fsp3) is 0.542. The number of benzene rings is 1. The van der Waals surface area contributed by atoms with E-state index in [0.29, 0.717) is 18.5 Å². The normalized spacial score (nSPS) is 19.2. The first-order valence-corrected chi connectivity index (χ1v) is 11.2. The molecule has 1 aromatic carbocycles. The first kappa shape index (κ1) is 23.6. The average molecular weight is 443 g/mol. The Labute approximate surface area is 188 Å². The maximum Gasteiger partial charge on any atom is 0.407 e. The lowest BCUT2D eigenvalue weighted by Crippen LogP contribution is -2.46. The molecule has 0 aliphatic heterocycles. The van der Waals surface area contributed by atoms with Crippen LogP contribution in [0.1, 0.15) is 58.6 Å². The van der Waals surface area contributed by atoms with Crippen LogP contribution < -0.4 is 16.2 Å². The van der Waals surface area contributed by atoms with Crippen LogP contribution in [0.3, 0.4) is 0 Å². The van der Waals surface area contributed by atoms with Gasteiger partial charge in [0, 0.05) is 13.1 Å². The minimum Gasteiger partial charge on any atom is -0.444 e. The summed E-state index contributed by atoms with van der Waals surface area (Å²) in [5.41, 5.74) is 0.757. The largest absolute Gasteiger partial charge is 0.444 e. The highest BCUT2D eigenvalue weighted by atomic mass is 16.6. The highest BCUT2D eigenvalue weighted by molar-refractivity contribution is 5.93. The van der Waals surface area contributed by atoms with Crippen molar-refractivity contribution in [2.45, 2.75) is 71.4 Å². The van der Waals surface area contributed by atoms with Crippen molar-refractivity contribution in [2.24, 2.45) is 13.0 Å². The molecule has 32 heavy (non-hydrogen) atoms. The maximum absolute atomic E-state index is 13.3. The van der Waals surface area contributed by atoms with Crippen molar-refractivity contribution in [3.63, 3.8) is 0 Å². The maximum atomic E-state index is 13.3. The van der Waals surface area contributed by atoms with Crippen molar-refractivity contribution < 1.29 is 14.3 Å². The molecule has 0 saturated heterocycles. The zero-order chi connectivity index (χ0) is 23.5. The molecule has 2 atom stereocenters. The Kier molecular flexibility index (Phi) is 7.11. The minimum atomic E-state index is -0.615. The molecular formula is C24H34N4O4. The molecule has 2 unspecified atom stereocenters. The van der Waals surface area contributed by atoms with E-state index in [1.165, 1.54) is 4.68 Å². The zero-order valence-corrected chi connectivity index (χ0v) is 19.6. The molecule has 1 aliphatic rings. The number of anilines is 1. The summed E-state index contributed by atoms with van der Waals surface area (Å²) in [6.07, 6.45) is 3.64. The van der Waals surface area contributed by atoms with E-state index in [9.17, 15) is 14.4 Å². The number of para-hydroxylation sites is 1. The van der Waals surface area contributed by atoms with Gasteiger partial charge in [-0.2, -0.15) is 0 Å². The lowest BCUT2D eigenvalue weighted by molar-refractivity contribution is -0.120. The van der Waals surface area contributed by atoms with Gasteiger partial charge in [0.1, 0.15) is 11.3 Å². The molecular weight excluding hydrogens is 408 g/mol. The topological polar surface area (TPSA) is 94.4 Å². The van der Waals surface area contributed by atoms with E-state index in [2.05, 4.69) is 10.6 Å². The molecule has 1 heterocycles. The summed E-state index contributed by atoms with van der Waals surface area (Å²) in [5, 5.41) is 5.77. The monoisotopic (exact) mass is 442 g/mol. The Morgan fingerprint density at radius 1 is 1.06 bits per heavy atom. The summed E-state index contributed by atoms with van der Waals surface area (Å²) in [7, 11) is 1.79. The summed E-state index contributed by atoms with van der Waals surface area (Å²) in [5.74, 6) is -0.687. The van der Waals surface area contributed by atoms with Crippen molar-refractivity contribution in [2.75, 3.05) is 5.32 Å². The molecule has 2 N–H and O–H groups in total. The van der Waals surface area contributed by atoms with Crippen LogP contribution in [-0.2, 0) is 16.6 Å². The molecule has 0 bridgehead atoms. The fourth-order valence-corrected chi connectivity index (χ4v) is 4.18. The van der Waals surface area contributed by atoms with Crippen molar-refractivity contribution in [1.29, 1.82) is 0 Å². The average Bonchev–Trinajstić information content (AvgIpc) is 2.88. The van der Waals surface area contributed by atoms with Crippen LogP contribution in [0.2, 0.25) is 0 Å². The number of carbonyl (C=O) groups is 2. The Bertz CT molecular complexity index is 1020. The number of rotatable bonds is 4. The van der Waals surface area contributed by atoms with Crippen LogP contribution in [0.25, 0.3) is 5.69 Å². The zero-order valence-electron chi connectivity index (χ0n) is 19.6. The van der Waals surface area contributed by atoms with Crippen LogP contribution in [0.15, 0.2) is 35.1 Å². The highest BCUT2D eigenvalue weighted by Crippen LogP contribution is 2.26. The number of ether oxygens (including phenoxy) is 1. The molecule has 2 amide bonds. The van der Waals surface area contributed by atoms with Crippen molar-refractivity contribution >= 4 is 17.7 Å². The summed E-state index contributed by atoms with van der Waals surface area (Å²) in [6, 6.07) is 8.96. The number of hydrogen-bond donors (Lipinski definition) is 2. The van der Waals surface area contributed by atoms with Crippen LogP contribution in [-0.4, -0.2) is 33.0 Å². The van der Waals surface area contributed by atoms with E-state index in [1.807, 2.05) is 30.3 Å². The number of nitrogens with zero attached hydrogens (tertiary/aromatic N) is 2. The SMILES string of the molecule is Cc1c(NC(=O)C2CCCCCC2NC(=O)OC(C)(C)C)c(=O)n(-c2ccccc2)n1C. The number of hydrogen-bond acceptors (Lipinski definition) is 4. The molecule has 0 radical (unpaired) electrons. The molecule has 3 rings (SSSR count). The molecule has 1 aromatic heterocycles. The third-order valence-electron chi connectivity index (χ3n) is 5.86.